The predicted molar refractivity (Wildman–Crippen MR) is 108 cm³/mol. The quantitative estimate of drug-likeness (QED) is 0.589. The molecule has 1 N–H and O–H groups in total. The van der Waals surface area contributed by atoms with E-state index in [1.54, 1.807) is 22.7 Å². The van der Waals surface area contributed by atoms with Crippen LogP contribution in [-0.4, -0.2) is 38.2 Å². The lowest BCUT2D eigenvalue weighted by Crippen LogP contribution is -2.37. The minimum Gasteiger partial charge on any atom is -0.449 e. The van der Waals surface area contributed by atoms with Gasteiger partial charge in [0.1, 0.15) is 28.6 Å². The summed E-state index contributed by atoms with van der Waals surface area (Å²) < 4.78 is 12.0. The third-order valence-electron chi connectivity index (χ3n) is 4.13. The highest BCUT2D eigenvalue weighted by molar-refractivity contribution is 9.10. The summed E-state index contributed by atoms with van der Waals surface area (Å²) in [7, 11) is 0. The van der Waals surface area contributed by atoms with Gasteiger partial charge in [-0.15, -0.1) is 11.8 Å². The second kappa shape index (κ2) is 6.56. The highest BCUT2D eigenvalue weighted by atomic mass is 79.9. The van der Waals surface area contributed by atoms with Gasteiger partial charge in [0.05, 0.1) is 5.88 Å². The Morgan fingerprint density at radius 2 is 2.22 bits per heavy atom. The van der Waals surface area contributed by atoms with Gasteiger partial charge in [-0.1, -0.05) is 15.9 Å². The summed E-state index contributed by atoms with van der Waals surface area (Å²) >= 11 is 5.03. The van der Waals surface area contributed by atoms with Crippen LogP contribution in [0.3, 0.4) is 0 Å². The number of amides is 1. The van der Waals surface area contributed by atoms with Gasteiger partial charge in [-0.2, -0.15) is 0 Å². The van der Waals surface area contributed by atoms with E-state index in [9.17, 15) is 9.59 Å². The first kappa shape index (κ1) is 18.4. The number of aromatic amines is 1. The first-order chi connectivity index (χ1) is 12.7. The van der Waals surface area contributed by atoms with E-state index in [2.05, 4.69) is 25.9 Å². The number of benzene rings is 1. The summed E-state index contributed by atoms with van der Waals surface area (Å²) in [6, 6.07) is 5.14. The van der Waals surface area contributed by atoms with Gasteiger partial charge >= 0.3 is 6.09 Å². The lowest BCUT2D eigenvalue weighted by Gasteiger charge is -2.27. The monoisotopic (exact) mass is 451 g/mol. The number of halogens is 1. The van der Waals surface area contributed by atoms with Gasteiger partial charge < -0.3 is 14.1 Å². The van der Waals surface area contributed by atoms with Gasteiger partial charge in [0, 0.05) is 15.6 Å². The number of aromatic nitrogens is 2. The third kappa shape index (κ3) is 3.45. The van der Waals surface area contributed by atoms with Crippen LogP contribution in [0.25, 0.3) is 22.1 Å². The molecule has 2 aromatic heterocycles. The minimum atomic E-state index is -0.591. The highest BCUT2D eigenvalue weighted by Crippen LogP contribution is 2.34. The summed E-state index contributed by atoms with van der Waals surface area (Å²) in [4.78, 5) is 34.1. The van der Waals surface area contributed by atoms with Crippen LogP contribution in [0.1, 0.15) is 32.6 Å². The Morgan fingerprint density at radius 1 is 1.44 bits per heavy atom. The molecule has 0 spiro atoms. The predicted octanol–water partition coefficient (Wildman–Crippen LogP) is 4.41. The van der Waals surface area contributed by atoms with Crippen molar-refractivity contribution < 1.29 is 13.9 Å². The fourth-order valence-electron chi connectivity index (χ4n) is 2.97. The van der Waals surface area contributed by atoms with Gasteiger partial charge in [-0.3, -0.25) is 9.69 Å². The van der Waals surface area contributed by atoms with Gasteiger partial charge in [0.2, 0.25) is 5.58 Å². The lowest BCUT2D eigenvalue weighted by atomic mass is 10.2. The van der Waals surface area contributed by atoms with E-state index >= 15 is 0 Å². The van der Waals surface area contributed by atoms with Gasteiger partial charge in [0.25, 0.3) is 5.56 Å². The number of carbonyl (C=O) groups is 1. The molecule has 0 bridgehead atoms. The summed E-state index contributed by atoms with van der Waals surface area (Å²) in [6.45, 7) is 5.47. The molecule has 3 aromatic rings. The summed E-state index contributed by atoms with van der Waals surface area (Å²) in [5.74, 6) is 1.55. The zero-order valence-electron chi connectivity index (χ0n) is 15.0. The number of thioether (sulfide) groups is 1. The largest absolute Gasteiger partial charge is 0.449 e. The van der Waals surface area contributed by atoms with E-state index in [0.29, 0.717) is 28.6 Å². The number of H-pyrrole nitrogens is 1. The van der Waals surface area contributed by atoms with Gasteiger partial charge in [-0.05, 0) is 39.0 Å². The van der Waals surface area contributed by atoms with Crippen LogP contribution in [0.2, 0.25) is 0 Å². The van der Waals surface area contributed by atoms with Crippen molar-refractivity contribution in [3.8, 4) is 0 Å². The molecule has 3 heterocycles. The summed E-state index contributed by atoms with van der Waals surface area (Å²) in [5, 5.41) is 0.751. The molecule has 1 fully saturated rings. The molecule has 0 aliphatic carbocycles. The van der Waals surface area contributed by atoms with Gasteiger partial charge in [0.15, 0.2) is 0 Å². The summed E-state index contributed by atoms with van der Waals surface area (Å²) in [5.41, 5.74) is 0.316. The first-order valence-corrected chi connectivity index (χ1v) is 10.4. The number of ether oxygens (including phenoxy) is 1. The average Bonchev–Trinajstić information content (AvgIpc) is 3.18. The molecule has 1 amide bonds. The standard InChI is InChI=1S/C18H18BrN3O4S/c1-18(2,3)26-17(24)22-8-27-7-11(22)15-20-13-10-6-9(19)4-5-12(10)25-14(13)16(23)21-15/h4-6,11H,7-8H2,1-3H3,(H,20,21,23)/t11-/m0/s1. The van der Waals surface area contributed by atoms with Gasteiger partial charge in [-0.25, -0.2) is 9.78 Å². The lowest BCUT2D eigenvalue weighted by molar-refractivity contribution is 0.0232. The molecule has 9 heteroatoms. The van der Waals surface area contributed by atoms with Crippen LogP contribution in [0.4, 0.5) is 4.79 Å². The Kier molecular flexibility index (Phi) is 4.46. The fraction of sp³-hybridized carbons (Fsp3) is 0.389. The highest BCUT2D eigenvalue weighted by Gasteiger charge is 2.35. The van der Waals surface area contributed by atoms with E-state index in [0.717, 1.165) is 9.86 Å². The number of fused-ring (bicyclic) bond motifs is 3. The van der Waals surface area contributed by atoms with Crippen molar-refractivity contribution in [2.45, 2.75) is 32.4 Å². The normalized spacial score (nSPS) is 17.8. The van der Waals surface area contributed by atoms with Crippen molar-refractivity contribution in [2.75, 3.05) is 11.6 Å². The van der Waals surface area contributed by atoms with Crippen molar-refractivity contribution in [3.63, 3.8) is 0 Å². The van der Waals surface area contributed by atoms with E-state index in [1.165, 1.54) is 0 Å². The number of rotatable bonds is 1. The average molecular weight is 452 g/mol. The Morgan fingerprint density at radius 3 is 2.96 bits per heavy atom. The third-order valence-corrected chi connectivity index (χ3v) is 5.64. The molecule has 1 aromatic carbocycles. The van der Waals surface area contributed by atoms with Crippen molar-refractivity contribution in [1.29, 1.82) is 0 Å². The second-order valence-electron chi connectivity index (χ2n) is 7.34. The number of nitrogens with one attached hydrogen (secondary N) is 1. The molecule has 4 rings (SSSR count). The van der Waals surface area contributed by atoms with Crippen molar-refractivity contribution in [2.24, 2.45) is 0 Å². The van der Waals surface area contributed by atoms with Crippen LogP contribution in [-0.2, 0) is 4.74 Å². The Labute approximate surface area is 167 Å². The van der Waals surface area contributed by atoms with Crippen LogP contribution in [0, 0.1) is 0 Å². The van der Waals surface area contributed by atoms with Crippen LogP contribution < -0.4 is 5.56 Å². The maximum atomic E-state index is 12.6. The number of hydrogen-bond acceptors (Lipinski definition) is 6. The van der Waals surface area contributed by atoms with E-state index in [-0.39, 0.29) is 17.2 Å². The van der Waals surface area contributed by atoms with Crippen LogP contribution >= 0.6 is 27.7 Å². The summed E-state index contributed by atoms with van der Waals surface area (Å²) in [6.07, 6.45) is -0.417. The minimum absolute atomic E-state index is 0.182. The van der Waals surface area contributed by atoms with E-state index < -0.39 is 11.7 Å². The molecule has 1 aliphatic heterocycles. The second-order valence-corrected chi connectivity index (χ2v) is 9.25. The molecule has 1 saturated heterocycles. The fourth-order valence-corrected chi connectivity index (χ4v) is 4.48. The molecular weight excluding hydrogens is 434 g/mol. The number of carbonyl (C=O) groups excluding carboxylic acids is 1. The van der Waals surface area contributed by atoms with E-state index in [4.69, 9.17) is 9.15 Å². The molecule has 1 atom stereocenters. The molecular formula is C18H18BrN3O4S. The molecule has 27 heavy (non-hydrogen) atoms. The van der Waals surface area contributed by atoms with Crippen LogP contribution in [0.15, 0.2) is 31.9 Å². The zero-order valence-corrected chi connectivity index (χ0v) is 17.4. The van der Waals surface area contributed by atoms with E-state index in [1.807, 2.05) is 32.9 Å². The van der Waals surface area contributed by atoms with Crippen molar-refractivity contribution in [3.05, 3.63) is 38.9 Å². The Balaban J connectivity index is 1.79. The zero-order chi connectivity index (χ0) is 19.3. The molecule has 1 aliphatic rings. The van der Waals surface area contributed by atoms with Crippen molar-refractivity contribution in [1.82, 2.24) is 14.9 Å². The van der Waals surface area contributed by atoms with Crippen LogP contribution in [0.5, 0.6) is 0 Å². The SMILES string of the molecule is CC(C)(C)OC(=O)N1CSC[C@H]1c1nc2c(oc3ccc(Br)cc32)c(=O)[nH]1. The number of nitrogens with zero attached hydrogens (tertiary/aromatic N) is 2. The van der Waals surface area contributed by atoms with Crippen molar-refractivity contribution >= 4 is 55.9 Å². The maximum Gasteiger partial charge on any atom is 0.411 e. The maximum absolute atomic E-state index is 12.6. The molecule has 7 nitrogen and oxygen atoms in total. The smallest absolute Gasteiger partial charge is 0.411 e. The Hall–Kier alpha value is -2.00. The molecule has 142 valence electrons. The number of hydrogen-bond donors (Lipinski definition) is 1. The molecule has 0 unspecified atom stereocenters. The number of furan rings is 1. The Bertz CT molecular complexity index is 1100. The topological polar surface area (TPSA) is 88.4 Å². The molecule has 0 radical (unpaired) electrons. The first-order valence-electron chi connectivity index (χ1n) is 8.42. The molecule has 0 saturated carbocycles.